The molecule has 96 valence electrons. The first kappa shape index (κ1) is 12.0. The van der Waals surface area contributed by atoms with Crippen molar-refractivity contribution in [3.8, 4) is 11.8 Å². The maximum absolute atomic E-state index is 11.4. The normalized spacial score (nSPS) is 10.3. The van der Waals surface area contributed by atoms with Gasteiger partial charge in [-0.15, -0.1) is 0 Å². The number of fused-ring (bicyclic) bond motifs is 1. The topological polar surface area (TPSA) is 66.0 Å². The van der Waals surface area contributed by atoms with Crippen molar-refractivity contribution in [1.82, 2.24) is 4.57 Å². The lowest BCUT2D eigenvalue weighted by Crippen LogP contribution is -2.06. The highest BCUT2D eigenvalue weighted by atomic mass is 16.4. The first-order valence-electron chi connectivity index (χ1n) is 6.05. The molecule has 1 N–H and O–H groups in total. The zero-order valence-electron chi connectivity index (χ0n) is 10.4. The number of para-hydroxylation sites is 2. The zero-order valence-corrected chi connectivity index (χ0v) is 10.4. The van der Waals surface area contributed by atoms with Crippen LogP contribution in [-0.2, 0) is 0 Å². The monoisotopic (exact) mass is 262 g/mol. The number of hydrogen-bond donors (Lipinski definition) is 1. The average molecular weight is 262 g/mol. The standard InChI is InChI=1S/C16H10N2O2/c17-10-12-5-3-6-13(16(19)20)15(12)18-9-8-11-4-1-2-7-14(11)18/h1-9H,(H,19,20). The van der Waals surface area contributed by atoms with Gasteiger partial charge in [-0.2, -0.15) is 5.26 Å². The Hall–Kier alpha value is -3.06. The molecule has 1 heterocycles. The highest BCUT2D eigenvalue weighted by Crippen LogP contribution is 2.25. The fourth-order valence-corrected chi connectivity index (χ4v) is 2.34. The van der Waals surface area contributed by atoms with Gasteiger partial charge in [0.2, 0.25) is 0 Å². The van der Waals surface area contributed by atoms with E-state index in [1.807, 2.05) is 30.3 Å². The predicted molar refractivity (Wildman–Crippen MR) is 74.9 cm³/mol. The van der Waals surface area contributed by atoms with Crippen LogP contribution in [0.2, 0.25) is 0 Å². The van der Waals surface area contributed by atoms with Gasteiger partial charge < -0.3 is 9.67 Å². The first-order chi connectivity index (χ1) is 9.72. The van der Waals surface area contributed by atoms with Gasteiger partial charge in [0, 0.05) is 6.20 Å². The first-order valence-corrected chi connectivity index (χ1v) is 6.05. The molecule has 0 amide bonds. The molecular weight excluding hydrogens is 252 g/mol. The highest BCUT2D eigenvalue weighted by molar-refractivity contribution is 5.94. The zero-order chi connectivity index (χ0) is 14.1. The Balaban J connectivity index is 2.40. The van der Waals surface area contributed by atoms with Gasteiger partial charge in [-0.25, -0.2) is 4.79 Å². The molecule has 0 atom stereocenters. The third-order valence-electron chi connectivity index (χ3n) is 3.23. The van der Waals surface area contributed by atoms with Crippen LogP contribution in [0, 0.1) is 11.3 Å². The highest BCUT2D eigenvalue weighted by Gasteiger charge is 2.16. The van der Waals surface area contributed by atoms with Gasteiger partial charge in [-0.05, 0) is 29.7 Å². The van der Waals surface area contributed by atoms with E-state index in [9.17, 15) is 15.2 Å². The Morgan fingerprint density at radius 2 is 1.90 bits per heavy atom. The molecule has 20 heavy (non-hydrogen) atoms. The number of aromatic carboxylic acids is 1. The number of benzene rings is 2. The molecular formula is C16H10N2O2. The number of nitriles is 1. The van der Waals surface area contributed by atoms with Crippen molar-refractivity contribution in [2.45, 2.75) is 0 Å². The maximum Gasteiger partial charge on any atom is 0.337 e. The minimum atomic E-state index is -1.05. The molecule has 2 aromatic carbocycles. The summed E-state index contributed by atoms with van der Waals surface area (Å²) >= 11 is 0. The van der Waals surface area contributed by atoms with Crippen LogP contribution in [0.25, 0.3) is 16.6 Å². The number of carboxylic acid groups (broad SMARTS) is 1. The van der Waals surface area contributed by atoms with Crippen LogP contribution in [0.1, 0.15) is 15.9 Å². The van der Waals surface area contributed by atoms with Gasteiger partial charge in [0.1, 0.15) is 6.07 Å². The van der Waals surface area contributed by atoms with Crippen LogP contribution in [0.3, 0.4) is 0 Å². The van der Waals surface area contributed by atoms with Gasteiger partial charge in [0.05, 0.1) is 22.3 Å². The van der Waals surface area contributed by atoms with Crippen molar-refractivity contribution in [2.24, 2.45) is 0 Å². The number of carbonyl (C=O) groups is 1. The smallest absolute Gasteiger partial charge is 0.337 e. The fourth-order valence-electron chi connectivity index (χ4n) is 2.34. The van der Waals surface area contributed by atoms with E-state index >= 15 is 0 Å². The molecule has 0 aliphatic heterocycles. The summed E-state index contributed by atoms with van der Waals surface area (Å²) in [5, 5.41) is 19.6. The van der Waals surface area contributed by atoms with E-state index in [1.165, 1.54) is 6.07 Å². The third-order valence-corrected chi connectivity index (χ3v) is 3.23. The Morgan fingerprint density at radius 3 is 2.65 bits per heavy atom. The second kappa shape index (κ2) is 4.56. The number of aromatic nitrogens is 1. The Bertz CT molecular complexity index is 856. The Kier molecular flexibility index (Phi) is 2.73. The molecule has 4 nitrogen and oxygen atoms in total. The number of nitrogens with zero attached hydrogens (tertiary/aromatic N) is 2. The molecule has 3 aromatic rings. The summed E-state index contributed by atoms with van der Waals surface area (Å²) in [5.41, 5.74) is 1.73. The molecule has 0 aliphatic carbocycles. The minimum Gasteiger partial charge on any atom is -0.478 e. The molecule has 0 saturated heterocycles. The van der Waals surface area contributed by atoms with Crippen molar-refractivity contribution < 1.29 is 9.90 Å². The molecule has 4 heteroatoms. The van der Waals surface area contributed by atoms with E-state index in [0.717, 1.165) is 10.9 Å². The van der Waals surface area contributed by atoms with Crippen LogP contribution in [-0.4, -0.2) is 15.6 Å². The van der Waals surface area contributed by atoms with Gasteiger partial charge in [-0.1, -0.05) is 24.3 Å². The van der Waals surface area contributed by atoms with Crippen molar-refractivity contribution in [3.63, 3.8) is 0 Å². The molecule has 0 bridgehead atoms. The lowest BCUT2D eigenvalue weighted by atomic mass is 10.1. The average Bonchev–Trinajstić information content (AvgIpc) is 2.90. The Labute approximate surface area is 115 Å². The lowest BCUT2D eigenvalue weighted by Gasteiger charge is -2.11. The van der Waals surface area contributed by atoms with Gasteiger partial charge in [-0.3, -0.25) is 0 Å². The van der Waals surface area contributed by atoms with E-state index in [4.69, 9.17) is 0 Å². The van der Waals surface area contributed by atoms with Crippen LogP contribution in [0.5, 0.6) is 0 Å². The van der Waals surface area contributed by atoms with E-state index in [1.54, 1.807) is 22.9 Å². The van der Waals surface area contributed by atoms with Gasteiger partial charge in [0.25, 0.3) is 0 Å². The van der Waals surface area contributed by atoms with Crippen LogP contribution in [0.4, 0.5) is 0 Å². The van der Waals surface area contributed by atoms with Crippen LogP contribution < -0.4 is 0 Å². The summed E-state index contributed by atoms with van der Waals surface area (Å²) in [4.78, 5) is 11.4. The summed E-state index contributed by atoms with van der Waals surface area (Å²) in [6.45, 7) is 0. The van der Waals surface area contributed by atoms with Crippen LogP contribution in [0.15, 0.2) is 54.7 Å². The maximum atomic E-state index is 11.4. The lowest BCUT2D eigenvalue weighted by molar-refractivity contribution is 0.0697. The van der Waals surface area contributed by atoms with Crippen molar-refractivity contribution in [2.75, 3.05) is 0 Å². The molecule has 0 saturated carbocycles. The second-order valence-corrected chi connectivity index (χ2v) is 4.36. The van der Waals surface area contributed by atoms with E-state index < -0.39 is 5.97 Å². The molecule has 0 unspecified atom stereocenters. The molecule has 0 radical (unpaired) electrons. The molecule has 1 aromatic heterocycles. The molecule has 0 aliphatic rings. The summed E-state index contributed by atoms with van der Waals surface area (Å²) in [6.07, 6.45) is 1.78. The second-order valence-electron chi connectivity index (χ2n) is 4.36. The summed E-state index contributed by atoms with van der Waals surface area (Å²) in [6, 6.07) is 16.3. The molecule has 3 rings (SSSR count). The molecule has 0 fully saturated rings. The van der Waals surface area contributed by atoms with E-state index in [-0.39, 0.29) is 5.56 Å². The number of rotatable bonds is 2. The van der Waals surface area contributed by atoms with Crippen molar-refractivity contribution >= 4 is 16.9 Å². The van der Waals surface area contributed by atoms with Crippen molar-refractivity contribution in [3.05, 3.63) is 65.9 Å². The number of carboxylic acids is 1. The predicted octanol–water partition coefficient (Wildman–Crippen LogP) is 3.20. The summed E-state index contributed by atoms with van der Waals surface area (Å²) < 4.78 is 1.75. The third kappa shape index (κ3) is 1.73. The molecule has 0 spiro atoms. The SMILES string of the molecule is N#Cc1cccc(C(=O)O)c1-n1ccc2ccccc21. The van der Waals surface area contributed by atoms with Crippen molar-refractivity contribution in [1.29, 1.82) is 5.26 Å². The van der Waals surface area contributed by atoms with E-state index in [2.05, 4.69) is 6.07 Å². The number of hydrogen-bond acceptors (Lipinski definition) is 2. The minimum absolute atomic E-state index is 0.116. The van der Waals surface area contributed by atoms with Crippen LogP contribution >= 0.6 is 0 Å². The quantitative estimate of drug-likeness (QED) is 0.771. The van der Waals surface area contributed by atoms with Gasteiger partial charge in [0.15, 0.2) is 0 Å². The van der Waals surface area contributed by atoms with E-state index in [0.29, 0.717) is 11.3 Å². The fraction of sp³-hybridized carbons (Fsp3) is 0. The summed E-state index contributed by atoms with van der Waals surface area (Å²) in [7, 11) is 0. The largest absolute Gasteiger partial charge is 0.478 e. The van der Waals surface area contributed by atoms with Gasteiger partial charge >= 0.3 is 5.97 Å². The Morgan fingerprint density at radius 1 is 1.10 bits per heavy atom. The summed E-state index contributed by atoms with van der Waals surface area (Å²) in [5.74, 6) is -1.05.